The van der Waals surface area contributed by atoms with Gasteiger partial charge in [0.15, 0.2) is 5.76 Å². The van der Waals surface area contributed by atoms with Crippen LogP contribution in [-0.2, 0) is 11.2 Å². The Bertz CT molecular complexity index is 1050. The van der Waals surface area contributed by atoms with E-state index in [1.54, 1.807) is 24.3 Å². The first-order valence-electron chi connectivity index (χ1n) is 8.46. The Hall–Kier alpha value is -3.18. The standard InChI is InChI=1S/C22H16O4S/c1-14-4-2-5-15(10-14)11-20-22(24)18-8-7-16(12-19(18)26-20)25-21(23)13-17-6-3-9-27-17/h2-12H,13H2,1H3/b20-11-. The molecule has 0 amide bonds. The van der Waals surface area contributed by atoms with E-state index in [1.807, 2.05) is 48.7 Å². The fourth-order valence-electron chi connectivity index (χ4n) is 2.86. The van der Waals surface area contributed by atoms with Crippen molar-refractivity contribution in [1.29, 1.82) is 0 Å². The van der Waals surface area contributed by atoms with Crippen LogP contribution >= 0.6 is 11.3 Å². The van der Waals surface area contributed by atoms with Gasteiger partial charge in [0.2, 0.25) is 5.78 Å². The minimum absolute atomic E-state index is 0.178. The lowest BCUT2D eigenvalue weighted by atomic mass is 10.1. The maximum Gasteiger partial charge on any atom is 0.316 e. The van der Waals surface area contributed by atoms with Crippen molar-refractivity contribution in [3.63, 3.8) is 0 Å². The van der Waals surface area contributed by atoms with Gasteiger partial charge in [-0.25, -0.2) is 0 Å². The average molecular weight is 376 g/mol. The molecule has 1 aromatic heterocycles. The lowest BCUT2D eigenvalue weighted by molar-refractivity contribution is -0.133. The number of benzene rings is 2. The second kappa shape index (κ2) is 7.21. The fraction of sp³-hybridized carbons (Fsp3) is 0.0909. The van der Waals surface area contributed by atoms with Gasteiger partial charge in [-0.05, 0) is 42.1 Å². The van der Waals surface area contributed by atoms with E-state index in [-0.39, 0.29) is 23.9 Å². The topological polar surface area (TPSA) is 52.6 Å². The highest BCUT2D eigenvalue weighted by atomic mass is 32.1. The predicted molar refractivity (Wildman–Crippen MR) is 104 cm³/mol. The number of hydrogen-bond donors (Lipinski definition) is 0. The Morgan fingerprint density at radius 1 is 1.15 bits per heavy atom. The highest BCUT2D eigenvalue weighted by molar-refractivity contribution is 7.10. The number of allylic oxidation sites excluding steroid dienone is 1. The van der Waals surface area contributed by atoms with Gasteiger partial charge in [-0.2, -0.15) is 0 Å². The Morgan fingerprint density at radius 3 is 2.81 bits per heavy atom. The predicted octanol–water partition coefficient (Wildman–Crippen LogP) is 4.82. The molecule has 5 heteroatoms. The molecule has 1 aliphatic rings. The smallest absolute Gasteiger partial charge is 0.316 e. The molecule has 0 saturated carbocycles. The van der Waals surface area contributed by atoms with E-state index in [0.717, 1.165) is 16.0 Å². The van der Waals surface area contributed by atoms with Crippen molar-refractivity contribution in [1.82, 2.24) is 0 Å². The molecule has 0 radical (unpaired) electrons. The maximum atomic E-state index is 12.5. The summed E-state index contributed by atoms with van der Waals surface area (Å²) in [6, 6.07) is 16.4. The molecule has 1 aliphatic heterocycles. The summed E-state index contributed by atoms with van der Waals surface area (Å²) in [5.41, 5.74) is 2.47. The van der Waals surface area contributed by atoms with Crippen LogP contribution in [0, 0.1) is 6.92 Å². The monoisotopic (exact) mass is 376 g/mol. The molecular weight excluding hydrogens is 360 g/mol. The van der Waals surface area contributed by atoms with Gasteiger partial charge in [-0.1, -0.05) is 35.9 Å². The van der Waals surface area contributed by atoms with Crippen LogP contribution in [0.15, 0.2) is 65.7 Å². The molecule has 0 atom stereocenters. The Morgan fingerprint density at radius 2 is 2.04 bits per heavy atom. The molecule has 134 valence electrons. The summed E-state index contributed by atoms with van der Waals surface area (Å²) < 4.78 is 11.1. The van der Waals surface area contributed by atoms with Crippen LogP contribution in [0.5, 0.6) is 11.5 Å². The van der Waals surface area contributed by atoms with Gasteiger partial charge in [-0.15, -0.1) is 11.3 Å². The number of esters is 1. The van der Waals surface area contributed by atoms with Gasteiger partial charge in [0.05, 0.1) is 12.0 Å². The van der Waals surface area contributed by atoms with Gasteiger partial charge in [-0.3, -0.25) is 9.59 Å². The third-order valence-corrected chi connectivity index (χ3v) is 4.99. The molecule has 2 aromatic carbocycles. The number of Topliss-reactive ketones (excluding diaryl/α,β-unsaturated/α-hetero) is 1. The van der Waals surface area contributed by atoms with E-state index in [1.165, 1.54) is 11.3 Å². The van der Waals surface area contributed by atoms with Gasteiger partial charge in [0.25, 0.3) is 0 Å². The van der Waals surface area contributed by atoms with E-state index >= 15 is 0 Å². The molecule has 0 spiro atoms. The number of hydrogen-bond acceptors (Lipinski definition) is 5. The first-order chi connectivity index (χ1) is 13.1. The molecule has 2 heterocycles. The van der Waals surface area contributed by atoms with Crippen LogP contribution in [0.4, 0.5) is 0 Å². The maximum absolute atomic E-state index is 12.5. The highest BCUT2D eigenvalue weighted by Crippen LogP contribution is 2.35. The van der Waals surface area contributed by atoms with Crippen molar-refractivity contribution >= 4 is 29.2 Å². The lowest BCUT2D eigenvalue weighted by Crippen LogP contribution is -2.10. The summed E-state index contributed by atoms with van der Waals surface area (Å²) in [5, 5.41) is 1.92. The molecule has 0 saturated heterocycles. The third kappa shape index (κ3) is 3.83. The summed E-state index contributed by atoms with van der Waals surface area (Å²) in [6.45, 7) is 1.99. The van der Waals surface area contributed by atoms with Crippen molar-refractivity contribution < 1.29 is 19.1 Å². The number of carbonyl (C=O) groups excluding carboxylic acids is 2. The second-order valence-electron chi connectivity index (χ2n) is 6.24. The molecule has 4 nitrogen and oxygen atoms in total. The Balaban J connectivity index is 1.51. The zero-order valence-corrected chi connectivity index (χ0v) is 15.4. The summed E-state index contributed by atoms with van der Waals surface area (Å²) in [4.78, 5) is 25.5. The first-order valence-corrected chi connectivity index (χ1v) is 9.34. The van der Waals surface area contributed by atoms with E-state index in [4.69, 9.17) is 9.47 Å². The van der Waals surface area contributed by atoms with Crippen LogP contribution in [0.2, 0.25) is 0 Å². The quantitative estimate of drug-likeness (QED) is 0.372. The molecule has 27 heavy (non-hydrogen) atoms. The van der Waals surface area contributed by atoms with E-state index in [2.05, 4.69) is 0 Å². The number of ketones is 1. The largest absolute Gasteiger partial charge is 0.452 e. The number of rotatable bonds is 4. The number of thiophene rings is 1. The van der Waals surface area contributed by atoms with Crippen LogP contribution in [0.25, 0.3) is 6.08 Å². The Labute approximate surface area is 160 Å². The minimum atomic E-state index is -0.350. The molecule has 0 bridgehead atoms. The molecule has 0 N–H and O–H groups in total. The van der Waals surface area contributed by atoms with Gasteiger partial charge < -0.3 is 9.47 Å². The van der Waals surface area contributed by atoms with E-state index in [9.17, 15) is 9.59 Å². The van der Waals surface area contributed by atoms with Crippen molar-refractivity contribution in [2.75, 3.05) is 0 Å². The summed E-state index contributed by atoms with van der Waals surface area (Å²) >= 11 is 1.51. The van der Waals surface area contributed by atoms with Crippen LogP contribution < -0.4 is 9.47 Å². The fourth-order valence-corrected chi connectivity index (χ4v) is 3.56. The van der Waals surface area contributed by atoms with Crippen LogP contribution in [-0.4, -0.2) is 11.8 Å². The Kier molecular flexibility index (Phi) is 4.60. The average Bonchev–Trinajstić information content (AvgIpc) is 3.23. The second-order valence-corrected chi connectivity index (χ2v) is 7.27. The van der Waals surface area contributed by atoms with Gasteiger partial charge >= 0.3 is 5.97 Å². The molecule has 0 fully saturated rings. The molecule has 3 aromatic rings. The lowest BCUT2D eigenvalue weighted by Gasteiger charge is -2.05. The van der Waals surface area contributed by atoms with E-state index in [0.29, 0.717) is 17.1 Å². The number of fused-ring (bicyclic) bond motifs is 1. The van der Waals surface area contributed by atoms with E-state index < -0.39 is 0 Å². The molecule has 0 unspecified atom stereocenters. The van der Waals surface area contributed by atoms with Crippen LogP contribution in [0.1, 0.15) is 26.4 Å². The SMILES string of the molecule is Cc1cccc(/C=C2\Oc3cc(OC(=O)Cc4cccs4)ccc3C2=O)c1. The van der Waals surface area contributed by atoms with Crippen molar-refractivity contribution in [3.05, 3.63) is 87.3 Å². The van der Waals surface area contributed by atoms with Crippen molar-refractivity contribution in [2.45, 2.75) is 13.3 Å². The van der Waals surface area contributed by atoms with Gasteiger partial charge in [0, 0.05) is 10.9 Å². The summed E-state index contributed by atoms with van der Waals surface area (Å²) in [7, 11) is 0. The zero-order chi connectivity index (χ0) is 18.8. The zero-order valence-electron chi connectivity index (χ0n) is 14.6. The van der Waals surface area contributed by atoms with Crippen molar-refractivity contribution in [2.24, 2.45) is 0 Å². The van der Waals surface area contributed by atoms with Crippen molar-refractivity contribution in [3.8, 4) is 11.5 Å². The molecule has 4 rings (SSSR count). The third-order valence-electron chi connectivity index (χ3n) is 4.11. The minimum Gasteiger partial charge on any atom is -0.452 e. The summed E-state index contributed by atoms with van der Waals surface area (Å²) in [5.74, 6) is 0.498. The highest BCUT2D eigenvalue weighted by Gasteiger charge is 2.28. The van der Waals surface area contributed by atoms with Gasteiger partial charge in [0.1, 0.15) is 11.5 Å². The number of aryl methyl sites for hydroxylation is 1. The number of carbonyl (C=O) groups is 2. The normalized spacial score (nSPS) is 14.1. The number of ether oxygens (including phenoxy) is 2. The molecule has 0 aliphatic carbocycles. The van der Waals surface area contributed by atoms with Crippen LogP contribution in [0.3, 0.4) is 0 Å². The summed E-state index contributed by atoms with van der Waals surface area (Å²) in [6.07, 6.45) is 1.94. The first kappa shape index (κ1) is 17.2. The molecular formula is C22H16O4S.